The van der Waals surface area contributed by atoms with E-state index in [0.717, 1.165) is 6.20 Å². The summed E-state index contributed by atoms with van der Waals surface area (Å²) in [5.41, 5.74) is -1.12. The number of carbonyl (C=O) groups excluding carboxylic acids is 1. The summed E-state index contributed by atoms with van der Waals surface area (Å²) in [6.07, 6.45) is -1.72. The molecule has 0 fully saturated rings. The summed E-state index contributed by atoms with van der Waals surface area (Å²) in [5.74, 6) is 0. The zero-order valence-corrected chi connectivity index (χ0v) is 7.61. The zero-order valence-electron chi connectivity index (χ0n) is 6.10. The Labute approximate surface area is 82.5 Å². The van der Waals surface area contributed by atoms with Crippen molar-refractivity contribution in [2.45, 2.75) is 6.43 Å². The Morgan fingerprint density at radius 3 is 2.54 bits per heavy atom. The molecular weight excluding hydrogens is 223 g/mol. The molecule has 0 N–H and O–H groups in total. The van der Waals surface area contributed by atoms with Crippen LogP contribution in [0.4, 0.5) is 8.78 Å². The second kappa shape index (κ2) is 3.98. The van der Waals surface area contributed by atoms with Crippen molar-refractivity contribution >= 4 is 28.4 Å². The highest BCUT2D eigenvalue weighted by Gasteiger charge is 2.21. The highest BCUT2D eigenvalue weighted by atomic mass is 35.5. The predicted octanol–water partition coefficient (Wildman–Crippen LogP) is 3.05. The van der Waals surface area contributed by atoms with Gasteiger partial charge in [-0.1, -0.05) is 11.6 Å². The lowest BCUT2D eigenvalue weighted by Gasteiger charge is -2.04. The van der Waals surface area contributed by atoms with Gasteiger partial charge in [0.1, 0.15) is 5.69 Å². The lowest BCUT2D eigenvalue weighted by Crippen LogP contribution is -2.02. The number of rotatable bonds is 2. The van der Waals surface area contributed by atoms with Gasteiger partial charge >= 0.3 is 0 Å². The summed E-state index contributed by atoms with van der Waals surface area (Å²) in [6.45, 7) is 0. The van der Waals surface area contributed by atoms with Gasteiger partial charge in [-0.3, -0.25) is 9.78 Å². The van der Waals surface area contributed by atoms with Crippen LogP contribution in [0.3, 0.4) is 0 Å². The molecule has 1 rings (SSSR count). The maximum absolute atomic E-state index is 12.3. The van der Waals surface area contributed by atoms with Crippen LogP contribution >= 0.6 is 23.2 Å². The summed E-state index contributed by atoms with van der Waals surface area (Å²) in [7, 11) is 0. The predicted molar refractivity (Wildman–Crippen MR) is 44.4 cm³/mol. The Hall–Kier alpha value is -0.740. The van der Waals surface area contributed by atoms with Crippen LogP contribution in [0, 0.1) is 0 Å². The molecule has 0 saturated heterocycles. The Morgan fingerprint density at radius 1 is 1.54 bits per heavy atom. The van der Waals surface area contributed by atoms with Gasteiger partial charge in [-0.15, -0.1) is 0 Å². The minimum absolute atomic E-state index is 0.214. The molecule has 0 aliphatic heterocycles. The van der Waals surface area contributed by atoms with Gasteiger partial charge in [-0.05, 0) is 17.7 Å². The topological polar surface area (TPSA) is 30.0 Å². The average molecular weight is 226 g/mol. The van der Waals surface area contributed by atoms with E-state index in [0.29, 0.717) is 0 Å². The SMILES string of the molecule is O=C(Cl)c1nccc(Cl)c1C(F)F. The molecule has 6 heteroatoms. The van der Waals surface area contributed by atoms with Crippen molar-refractivity contribution in [3.63, 3.8) is 0 Å². The molecule has 0 spiro atoms. The van der Waals surface area contributed by atoms with Gasteiger partial charge in [-0.25, -0.2) is 8.78 Å². The van der Waals surface area contributed by atoms with Crippen LogP contribution in [-0.2, 0) is 0 Å². The Kier molecular flexibility index (Phi) is 3.17. The number of halogens is 4. The number of carbonyl (C=O) groups is 1. The van der Waals surface area contributed by atoms with Gasteiger partial charge in [0.15, 0.2) is 0 Å². The Morgan fingerprint density at radius 2 is 2.15 bits per heavy atom. The first-order chi connectivity index (χ1) is 6.04. The van der Waals surface area contributed by atoms with Crippen LogP contribution in [0.1, 0.15) is 22.5 Å². The standard InChI is InChI=1S/C7H3Cl2F2NO/c8-3-1-2-12-5(6(9)13)4(3)7(10)11/h1-2,7H. The summed E-state index contributed by atoms with van der Waals surface area (Å²) >= 11 is 10.5. The van der Waals surface area contributed by atoms with E-state index in [9.17, 15) is 13.6 Å². The third kappa shape index (κ3) is 2.14. The van der Waals surface area contributed by atoms with Crippen molar-refractivity contribution in [1.82, 2.24) is 4.98 Å². The molecule has 1 aromatic rings. The number of hydrogen-bond acceptors (Lipinski definition) is 2. The molecule has 0 bridgehead atoms. The largest absolute Gasteiger partial charge is 0.274 e. The molecule has 2 nitrogen and oxygen atoms in total. The first kappa shape index (κ1) is 10.3. The third-order valence-corrected chi connectivity index (χ3v) is 1.85. The lowest BCUT2D eigenvalue weighted by atomic mass is 10.2. The number of pyridine rings is 1. The van der Waals surface area contributed by atoms with Gasteiger partial charge in [0.2, 0.25) is 0 Å². The van der Waals surface area contributed by atoms with Crippen LogP contribution in [0.25, 0.3) is 0 Å². The fourth-order valence-corrected chi connectivity index (χ4v) is 1.19. The van der Waals surface area contributed by atoms with Gasteiger partial charge in [0, 0.05) is 6.20 Å². The second-order valence-corrected chi connectivity index (χ2v) is 2.88. The molecule has 1 heterocycles. The third-order valence-electron chi connectivity index (χ3n) is 1.34. The van der Waals surface area contributed by atoms with Crippen LogP contribution in [0.15, 0.2) is 12.3 Å². The van der Waals surface area contributed by atoms with E-state index in [1.54, 1.807) is 0 Å². The highest BCUT2D eigenvalue weighted by molar-refractivity contribution is 6.67. The van der Waals surface area contributed by atoms with E-state index in [4.69, 9.17) is 23.2 Å². The molecule has 1 aromatic heterocycles. The molecule has 0 unspecified atom stereocenters. The first-order valence-electron chi connectivity index (χ1n) is 3.16. The maximum Gasteiger partial charge on any atom is 0.271 e. The lowest BCUT2D eigenvalue weighted by molar-refractivity contribution is 0.106. The fourth-order valence-electron chi connectivity index (χ4n) is 0.814. The summed E-state index contributed by atoms with van der Waals surface area (Å²) in [4.78, 5) is 14.0. The van der Waals surface area contributed by atoms with Gasteiger partial charge in [0.25, 0.3) is 11.7 Å². The minimum Gasteiger partial charge on any atom is -0.274 e. The van der Waals surface area contributed by atoms with E-state index >= 15 is 0 Å². The summed E-state index contributed by atoms with van der Waals surface area (Å²) < 4.78 is 24.6. The average Bonchev–Trinajstić information content (AvgIpc) is 2.02. The molecular formula is C7H3Cl2F2NO. The van der Waals surface area contributed by atoms with Crippen molar-refractivity contribution < 1.29 is 13.6 Å². The molecule has 13 heavy (non-hydrogen) atoms. The van der Waals surface area contributed by atoms with E-state index in [-0.39, 0.29) is 5.02 Å². The molecule has 0 atom stereocenters. The van der Waals surface area contributed by atoms with Gasteiger partial charge in [0.05, 0.1) is 10.6 Å². The monoisotopic (exact) mass is 225 g/mol. The van der Waals surface area contributed by atoms with Crippen LogP contribution in [-0.4, -0.2) is 10.2 Å². The van der Waals surface area contributed by atoms with Crippen molar-refractivity contribution in [3.8, 4) is 0 Å². The number of nitrogens with zero attached hydrogens (tertiary/aromatic N) is 1. The zero-order chi connectivity index (χ0) is 10.0. The fraction of sp³-hybridized carbons (Fsp3) is 0.143. The molecule has 0 saturated carbocycles. The van der Waals surface area contributed by atoms with E-state index in [2.05, 4.69) is 4.98 Å². The molecule has 0 aliphatic rings. The highest BCUT2D eigenvalue weighted by Crippen LogP contribution is 2.29. The van der Waals surface area contributed by atoms with Crippen molar-refractivity contribution in [1.29, 1.82) is 0 Å². The van der Waals surface area contributed by atoms with Crippen molar-refractivity contribution in [2.24, 2.45) is 0 Å². The van der Waals surface area contributed by atoms with Gasteiger partial charge in [-0.2, -0.15) is 0 Å². The number of hydrogen-bond donors (Lipinski definition) is 0. The number of alkyl halides is 2. The molecule has 0 aliphatic carbocycles. The Balaban J connectivity index is 3.34. The molecule has 0 aromatic carbocycles. The molecule has 70 valence electrons. The van der Waals surface area contributed by atoms with Crippen molar-refractivity contribution in [2.75, 3.05) is 0 Å². The second-order valence-electron chi connectivity index (χ2n) is 2.13. The number of aromatic nitrogens is 1. The quantitative estimate of drug-likeness (QED) is 0.725. The van der Waals surface area contributed by atoms with E-state index < -0.39 is 22.9 Å². The Bertz CT molecular complexity index is 343. The molecule has 0 radical (unpaired) electrons. The maximum atomic E-state index is 12.3. The summed E-state index contributed by atoms with van der Waals surface area (Å²) in [5, 5.41) is -1.26. The van der Waals surface area contributed by atoms with Crippen molar-refractivity contribution in [3.05, 3.63) is 28.5 Å². The van der Waals surface area contributed by atoms with Gasteiger partial charge < -0.3 is 0 Å². The summed E-state index contributed by atoms with van der Waals surface area (Å²) in [6, 6.07) is 1.17. The smallest absolute Gasteiger partial charge is 0.271 e. The van der Waals surface area contributed by atoms with Crippen LogP contribution < -0.4 is 0 Å². The molecule has 0 amide bonds. The first-order valence-corrected chi connectivity index (χ1v) is 3.92. The van der Waals surface area contributed by atoms with E-state index in [1.165, 1.54) is 6.07 Å². The van der Waals surface area contributed by atoms with Crippen LogP contribution in [0.2, 0.25) is 5.02 Å². The minimum atomic E-state index is -2.86. The normalized spacial score (nSPS) is 10.5. The van der Waals surface area contributed by atoms with E-state index in [1.807, 2.05) is 0 Å². The van der Waals surface area contributed by atoms with Crippen LogP contribution in [0.5, 0.6) is 0 Å².